The van der Waals surface area contributed by atoms with Crippen LogP contribution in [-0.4, -0.2) is 18.8 Å². The lowest BCUT2D eigenvalue weighted by Crippen LogP contribution is -2.32. The van der Waals surface area contributed by atoms with E-state index in [9.17, 15) is 12.8 Å². The fraction of sp³-hybridized carbons (Fsp3) is 0.375. The third-order valence-corrected chi connectivity index (χ3v) is 7.38. The van der Waals surface area contributed by atoms with Crippen LogP contribution in [-0.2, 0) is 23.0 Å². The molecule has 1 fully saturated rings. The molecule has 22 heavy (non-hydrogen) atoms. The molecule has 1 aromatic carbocycles. The molecule has 3 rings (SSSR count). The van der Waals surface area contributed by atoms with E-state index in [1.165, 1.54) is 21.7 Å². The molecule has 0 aliphatic heterocycles. The Labute approximate surface area is 134 Å². The van der Waals surface area contributed by atoms with Gasteiger partial charge >= 0.3 is 0 Å². The highest BCUT2D eigenvalue weighted by Crippen LogP contribution is 2.35. The van der Waals surface area contributed by atoms with Gasteiger partial charge in [-0.2, -0.15) is 4.31 Å². The standard InChI is InChI=1S/C16H18FNO2S2/c1-2-14-9-10-16(21-14)22(19,20)18(13-7-8-13)11-12-5-3-4-6-15(12)17/h3-6,9-10,13H,2,7-8,11H2,1H3. The van der Waals surface area contributed by atoms with Gasteiger partial charge in [0.2, 0.25) is 0 Å². The number of sulfonamides is 1. The van der Waals surface area contributed by atoms with Gasteiger partial charge < -0.3 is 0 Å². The van der Waals surface area contributed by atoms with Crippen LogP contribution in [0, 0.1) is 5.82 Å². The summed E-state index contributed by atoms with van der Waals surface area (Å²) in [5.41, 5.74) is 0.422. The van der Waals surface area contributed by atoms with E-state index in [0.29, 0.717) is 9.77 Å². The molecule has 1 aliphatic rings. The van der Waals surface area contributed by atoms with Crippen molar-refractivity contribution < 1.29 is 12.8 Å². The summed E-state index contributed by atoms with van der Waals surface area (Å²) in [6, 6.07) is 9.87. The van der Waals surface area contributed by atoms with Crippen molar-refractivity contribution in [1.29, 1.82) is 0 Å². The summed E-state index contributed by atoms with van der Waals surface area (Å²) in [6.07, 6.45) is 2.51. The van der Waals surface area contributed by atoms with Crippen LogP contribution < -0.4 is 0 Å². The molecule has 0 unspecified atom stereocenters. The van der Waals surface area contributed by atoms with Crippen molar-refractivity contribution in [2.45, 2.75) is 43.0 Å². The first kappa shape index (κ1) is 15.6. The topological polar surface area (TPSA) is 37.4 Å². The molecule has 0 saturated heterocycles. The molecular weight excluding hydrogens is 321 g/mol. The number of rotatable bonds is 6. The van der Waals surface area contributed by atoms with Gasteiger partial charge in [0.15, 0.2) is 0 Å². The van der Waals surface area contributed by atoms with Crippen molar-refractivity contribution >= 4 is 21.4 Å². The molecule has 1 heterocycles. The third kappa shape index (κ3) is 3.09. The Morgan fingerprint density at radius 3 is 2.55 bits per heavy atom. The highest BCUT2D eigenvalue weighted by Gasteiger charge is 2.39. The molecule has 0 radical (unpaired) electrons. The van der Waals surface area contributed by atoms with Crippen molar-refractivity contribution in [3.63, 3.8) is 0 Å². The lowest BCUT2D eigenvalue weighted by atomic mass is 10.2. The van der Waals surface area contributed by atoms with Gasteiger partial charge in [-0.1, -0.05) is 25.1 Å². The van der Waals surface area contributed by atoms with Crippen LogP contribution >= 0.6 is 11.3 Å². The van der Waals surface area contributed by atoms with Gasteiger partial charge in [-0.15, -0.1) is 11.3 Å². The number of hydrogen-bond acceptors (Lipinski definition) is 3. The highest BCUT2D eigenvalue weighted by molar-refractivity contribution is 7.91. The Morgan fingerprint density at radius 1 is 1.23 bits per heavy atom. The Morgan fingerprint density at radius 2 is 1.95 bits per heavy atom. The first-order valence-electron chi connectivity index (χ1n) is 7.36. The molecule has 0 bridgehead atoms. The van der Waals surface area contributed by atoms with Crippen LogP contribution in [0.5, 0.6) is 0 Å². The smallest absolute Gasteiger partial charge is 0.207 e. The summed E-state index contributed by atoms with van der Waals surface area (Å²) in [4.78, 5) is 1.04. The molecule has 3 nitrogen and oxygen atoms in total. The minimum atomic E-state index is -3.56. The summed E-state index contributed by atoms with van der Waals surface area (Å²) in [5.74, 6) is -0.358. The van der Waals surface area contributed by atoms with Gasteiger partial charge in [-0.3, -0.25) is 0 Å². The predicted molar refractivity (Wildman–Crippen MR) is 85.8 cm³/mol. The number of hydrogen-bond donors (Lipinski definition) is 0. The van der Waals surface area contributed by atoms with E-state index in [0.717, 1.165) is 24.1 Å². The molecule has 2 aromatic rings. The second kappa shape index (κ2) is 6.10. The number of thiophene rings is 1. The molecule has 0 spiro atoms. The first-order valence-corrected chi connectivity index (χ1v) is 9.62. The fourth-order valence-electron chi connectivity index (χ4n) is 2.37. The zero-order chi connectivity index (χ0) is 15.7. The second-order valence-corrected chi connectivity index (χ2v) is 8.73. The molecule has 0 atom stereocenters. The van der Waals surface area contributed by atoms with Crippen LogP contribution in [0.4, 0.5) is 4.39 Å². The summed E-state index contributed by atoms with van der Waals surface area (Å²) < 4.78 is 41.4. The van der Waals surface area contributed by atoms with Gasteiger partial charge in [0, 0.05) is 23.0 Å². The van der Waals surface area contributed by atoms with Gasteiger partial charge in [0.1, 0.15) is 10.0 Å². The number of aryl methyl sites for hydroxylation is 1. The van der Waals surface area contributed by atoms with E-state index in [1.807, 2.05) is 13.0 Å². The van der Waals surface area contributed by atoms with Gasteiger partial charge in [0.25, 0.3) is 10.0 Å². The van der Waals surface area contributed by atoms with Crippen molar-refractivity contribution in [1.82, 2.24) is 4.31 Å². The van der Waals surface area contributed by atoms with E-state index in [2.05, 4.69) is 0 Å². The average Bonchev–Trinajstić information content (AvgIpc) is 3.21. The Balaban J connectivity index is 1.92. The monoisotopic (exact) mass is 339 g/mol. The fourth-order valence-corrected chi connectivity index (χ4v) is 5.46. The zero-order valence-corrected chi connectivity index (χ0v) is 14.0. The molecule has 1 aliphatic carbocycles. The third-order valence-electron chi connectivity index (χ3n) is 3.79. The van der Waals surface area contributed by atoms with E-state index in [4.69, 9.17) is 0 Å². The molecule has 6 heteroatoms. The summed E-state index contributed by atoms with van der Waals surface area (Å²) in [5, 5.41) is 0. The highest BCUT2D eigenvalue weighted by atomic mass is 32.2. The number of benzene rings is 1. The SMILES string of the molecule is CCc1ccc(S(=O)(=O)N(Cc2ccccc2F)C2CC2)s1. The maximum atomic E-state index is 13.9. The van der Waals surface area contributed by atoms with Crippen molar-refractivity contribution in [3.8, 4) is 0 Å². The lowest BCUT2D eigenvalue weighted by Gasteiger charge is -2.21. The van der Waals surface area contributed by atoms with Crippen molar-refractivity contribution in [2.24, 2.45) is 0 Å². The summed E-state index contributed by atoms with van der Waals surface area (Å²) in [7, 11) is -3.56. The summed E-state index contributed by atoms with van der Waals surface area (Å²) >= 11 is 1.30. The van der Waals surface area contributed by atoms with E-state index < -0.39 is 10.0 Å². The molecule has 1 saturated carbocycles. The molecule has 0 N–H and O–H groups in total. The molecule has 0 amide bonds. The van der Waals surface area contributed by atoms with Crippen LogP contribution in [0.2, 0.25) is 0 Å². The first-order chi connectivity index (χ1) is 10.5. The van der Waals surface area contributed by atoms with Crippen LogP contribution in [0.1, 0.15) is 30.2 Å². The van der Waals surface area contributed by atoms with Crippen LogP contribution in [0.25, 0.3) is 0 Å². The normalized spacial score (nSPS) is 15.4. The molecule has 1 aromatic heterocycles. The maximum absolute atomic E-state index is 13.9. The van der Waals surface area contributed by atoms with Gasteiger partial charge in [-0.25, -0.2) is 12.8 Å². The number of nitrogens with zero attached hydrogens (tertiary/aromatic N) is 1. The minimum absolute atomic E-state index is 0.00298. The quantitative estimate of drug-likeness (QED) is 0.803. The van der Waals surface area contributed by atoms with Gasteiger partial charge in [-0.05, 0) is 37.5 Å². The van der Waals surface area contributed by atoms with Crippen molar-refractivity contribution in [2.75, 3.05) is 0 Å². The molecular formula is C16H18FNO2S2. The Hall–Kier alpha value is -1.24. The zero-order valence-electron chi connectivity index (χ0n) is 12.3. The van der Waals surface area contributed by atoms with Crippen molar-refractivity contribution in [3.05, 3.63) is 52.7 Å². The lowest BCUT2D eigenvalue weighted by molar-refractivity contribution is 0.392. The Kier molecular flexibility index (Phi) is 4.34. The summed E-state index contributed by atoms with van der Waals surface area (Å²) in [6.45, 7) is 2.10. The minimum Gasteiger partial charge on any atom is -0.207 e. The van der Waals surface area contributed by atoms with E-state index >= 15 is 0 Å². The van der Waals surface area contributed by atoms with E-state index in [-0.39, 0.29) is 18.4 Å². The molecule has 118 valence electrons. The Bertz CT molecular complexity index is 766. The van der Waals surface area contributed by atoms with E-state index in [1.54, 1.807) is 24.3 Å². The second-order valence-electron chi connectivity index (χ2n) is 5.45. The van der Waals surface area contributed by atoms with Gasteiger partial charge in [0.05, 0.1) is 0 Å². The number of halogens is 1. The predicted octanol–water partition coefficient (Wildman–Crippen LogP) is 3.80. The van der Waals surface area contributed by atoms with Crippen LogP contribution in [0.15, 0.2) is 40.6 Å². The average molecular weight is 339 g/mol. The maximum Gasteiger partial charge on any atom is 0.253 e. The largest absolute Gasteiger partial charge is 0.253 e. The van der Waals surface area contributed by atoms with Crippen LogP contribution in [0.3, 0.4) is 0 Å².